The van der Waals surface area contributed by atoms with Gasteiger partial charge in [0.05, 0.1) is 6.04 Å². The Bertz CT molecular complexity index is 4070. The molecule has 44 heteroatoms. The lowest BCUT2D eigenvalue weighted by molar-refractivity contribution is -0.136. The van der Waals surface area contributed by atoms with Crippen LogP contribution in [0.2, 0.25) is 0 Å². The SMILES string of the molecule is CC(C)C[C@H](NC(=O)[C@H](CCCNC(=N)N)NC(=O)[C@@H](N)CCCCN)C(=O)N[C@@H](CCCNC(=N)N)C(=O)N[C@@H](CCCNC(=N)N)C(=O)N[C@H](C(=O)N[C@@H](Cc1c[nH]c2ccccc12)C(=O)N[C@@H](CCCNC(=N)N)C(=O)N[C@@H](CCCNC(=N)N)C(=O)N[C@@H](Cc1c[nH]c2ccccc12)C(=O)N[C@@H](CCCNC(=N)N)C(N)=O)C(C)C. The second-order valence-corrected chi connectivity index (χ2v) is 29.7. The summed E-state index contributed by atoms with van der Waals surface area (Å²) in [5.41, 5.74) is 53.5. The van der Waals surface area contributed by atoms with Crippen LogP contribution < -0.4 is 137 Å². The van der Waals surface area contributed by atoms with E-state index in [0.29, 0.717) is 52.3 Å². The Labute approximate surface area is 691 Å². The van der Waals surface area contributed by atoms with Gasteiger partial charge in [0.15, 0.2) is 35.8 Å². The van der Waals surface area contributed by atoms with E-state index >= 15 is 19.2 Å². The van der Waals surface area contributed by atoms with Gasteiger partial charge in [-0.15, -0.1) is 0 Å². The molecule has 0 aliphatic carbocycles. The molecule has 2 heterocycles. The second kappa shape index (κ2) is 52.0. The zero-order valence-electron chi connectivity index (χ0n) is 68.1. The molecule has 0 spiro atoms. The van der Waals surface area contributed by atoms with E-state index in [1.54, 1.807) is 88.6 Å². The highest BCUT2D eigenvalue weighted by Gasteiger charge is 2.38. The molecule has 11 amide bonds. The highest BCUT2D eigenvalue weighted by molar-refractivity contribution is 6.00. The first-order valence-electron chi connectivity index (χ1n) is 39.8. The molecule has 0 fully saturated rings. The Morgan fingerprint density at radius 1 is 0.336 bits per heavy atom. The number of unbranched alkanes of at least 4 members (excludes halogenated alkanes) is 1. The maximum absolute atomic E-state index is 15.4. The summed E-state index contributed by atoms with van der Waals surface area (Å²) in [7, 11) is 0. The number of rotatable bonds is 56. The first-order valence-corrected chi connectivity index (χ1v) is 39.8. The van der Waals surface area contributed by atoms with Gasteiger partial charge in [0.25, 0.3) is 0 Å². The lowest BCUT2D eigenvalue weighted by Gasteiger charge is -2.30. The van der Waals surface area contributed by atoms with E-state index in [1.807, 2.05) is 0 Å². The van der Waals surface area contributed by atoms with Gasteiger partial charge in [0, 0.05) is 86.3 Å². The minimum atomic E-state index is -1.57. The molecule has 119 heavy (non-hydrogen) atoms. The first-order chi connectivity index (χ1) is 56.5. The number of amides is 11. The average molecular weight is 1670 g/mol. The molecule has 4 rings (SSSR count). The van der Waals surface area contributed by atoms with Crippen molar-refractivity contribution < 1.29 is 52.7 Å². The number of carbonyl (C=O) groups is 11. The second-order valence-electron chi connectivity index (χ2n) is 29.7. The average Bonchev–Trinajstić information content (AvgIpc) is 1.71. The summed E-state index contributed by atoms with van der Waals surface area (Å²) in [5, 5.41) is 90.8. The molecule has 0 saturated heterocycles. The quantitative estimate of drug-likeness (QED) is 0.0111. The fraction of sp³-hybridized carbons (Fsp3) is 0.560. The molecule has 2 aromatic heterocycles. The smallest absolute Gasteiger partial charge is 0.243 e. The third kappa shape index (κ3) is 36.9. The lowest BCUT2D eigenvalue weighted by atomic mass is 9.99. The summed E-state index contributed by atoms with van der Waals surface area (Å²) in [6.07, 6.45) is 4.42. The molecule has 0 unspecified atom stereocenters. The Morgan fingerprint density at radius 3 is 0.933 bits per heavy atom. The first kappa shape index (κ1) is 98.6. The predicted molar refractivity (Wildman–Crippen MR) is 453 cm³/mol. The summed E-state index contributed by atoms with van der Waals surface area (Å²) in [6, 6.07) is -1.09. The molecular formula is C75H127N33O11. The molecule has 44 nitrogen and oxygen atoms in total. The van der Waals surface area contributed by atoms with Crippen LogP contribution in [0.5, 0.6) is 0 Å². The van der Waals surface area contributed by atoms with E-state index in [-0.39, 0.29) is 166 Å². The van der Waals surface area contributed by atoms with Crippen LogP contribution in [0.3, 0.4) is 0 Å². The molecule has 0 radical (unpaired) electrons. The highest BCUT2D eigenvalue weighted by Crippen LogP contribution is 2.22. The van der Waals surface area contributed by atoms with Crippen LogP contribution in [0, 0.1) is 44.3 Å². The van der Waals surface area contributed by atoms with Crippen LogP contribution in [0.1, 0.15) is 142 Å². The van der Waals surface area contributed by atoms with Crippen molar-refractivity contribution in [3.05, 3.63) is 72.1 Å². The number of nitrogens with two attached hydrogens (primary N) is 9. The molecule has 42 N–H and O–H groups in total. The summed E-state index contributed by atoms with van der Waals surface area (Å²) in [5.74, 6) is -12.7. The molecule has 658 valence electrons. The summed E-state index contributed by atoms with van der Waals surface area (Å²) in [6.45, 7) is 7.56. The van der Waals surface area contributed by atoms with Crippen LogP contribution in [-0.4, -0.2) is 223 Å². The van der Waals surface area contributed by atoms with E-state index < -0.39 is 155 Å². The van der Waals surface area contributed by atoms with Gasteiger partial charge in [-0.2, -0.15) is 0 Å². The van der Waals surface area contributed by atoms with Crippen LogP contribution in [0.25, 0.3) is 21.8 Å². The van der Waals surface area contributed by atoms with E-state index in [1.165, 1.54) is 0 Å². The predicted octanol–water partition coefficient (Wildman–Crippen LogP) is -5.49. The van der Waals surface area contributed by atoms with Crippen molar-refractivity contribution in [2.24, 2.45) is 63.4 Å². The van der Waals surface area contributed by atoms with Crippen LogP contribution >= 0.6 is 0 Å². The molecule has 0 saturated carbocycles. The van der Waals surface area contributed by atoms with Crippen LogP contribution in [0.4, 0.5) is 0 Å². The van der Waals surface area contributed by atoms with E-state index in [0.717, 1.165) is 0 Å². The Balaban J connectivity index is 1.76. The van der Waals surface area contributed by atoms with Gasteiger partial charge >= 0.3 is 0 Å². The van der Waals surface area contributed by atoms with E-state index in [2.05, 4.69) is 95.0 Å². The number of nitrogens with one attached hydrogen (secondary N) is 24. The maximum atomic E-state index is 15.4. The summed E-state index contributed by atoms with van der Waals surface area (Å²) in [4.78, 5) is 167. The third-order valence-electron chi connectivity index (χ3n) is 19.1. The molecule has 0 bridgehead atoms. The van der Waals surface area contributed by atoms with Crippen molar-refractivity contribution in [1.29, 1.82) is 32.5 Å². The van der Waals surface area contributed by atoms with E-state index in [9.17, 15) is 33.6 Å². The van der Waals surface area contributed by atoms with Crippen molar-refractivity contribution >= 4 is 123 Å². The van der Waals surface area contributed by atoms with Gasteiger partial charge in [-0.1, -0.05) is 70.5 Å². The zero-order valence-corrected chi connectivity index (χ0v) is 68.1. The number of hydrogen-bond donors (Lipinski definition) is 33. The number of aromatic amines is 2. The van der Waals surface area contributed by atoms with Crippen molar-refractivity contribution in [1.82, 2.24) is 95.0 Å². The zero-order chi connectivity index (χ0) is 88.3. The van der Waals surface area contributed by atoms with Crippen LogP contribution in [0.15, 0.2) is 60.9 Å². The number of carbonyl (C=O) groups excluding carboxylic acids is 11. The largest absolute Gasteiger partial charge is 0.370 e. The summed E-state index contributed by atoms with van der Waals surface area (Å²) >= 11 is 0. The van der Waals surface area contributed by atoms with Gasteiger partial charge in [-0.25, -0.2) is 0 Å². The van der Waals surface area contributed by atoms with E-state index in [4.69, 9.17) is 84.1 Å². The van der Waals surface area contributed by atoms with Gasteiger partial charge in [0.1, 0.15) is 60.4 Å². The highest BCUT2D eigenvalue weighted by atomic mass is 16.2. The molecular weight excluding hydrogens is 1540 g/mol. The Morgan fingerprint density at radius 2 is 0.613 bits per heavy atom. The van der Waals surface area contributed by atoms with Gasteiger partial charge < -0.3 is 147 Å². The molecule has 0 aliphatic rings. The Kier molecular flexibility index (Phi) is 43.1. The molecule has 2 aromatic carbocycles. The number of H-pyrrole nitrogens is 2. The van der Waals surface area contributed by atoms with Crippen molar-refractivity contribution in [2.75, 3.05) is 45.8 Å². The minimum Gasteiger partial charge on any atom is -0.370 e. The lowest BCUT2D eigenvalue weighted by Crippen LogP contribution is -2.61. The normalized spacial score (nSPS) is 13.9. The molecule has 0 aliphatic heterocycles. The van der Waals surface area contributed by atoms with Crippen molar-refractivity contribution in [3.63, 3.8) is 0 Å². The van der Waals surface area contributed by atoms with Crippen molar-refractivity contribution in [3.8, 4) is 0 Å². The molecule has 4 aromatic rings. The van der Waals surface area contributed by atoms with Crippen LogP contribution in [-0.2, 0) is 65.6 Å². The maximum Gasteiger partial charge on any atom is 0.243 e. The number of para-hydroxylation sites is 2. The number of benzene rings is 2. The number of primary amides is 1. The number of fused-ring (bicyclic) bond motifs is 2. The minimum absolute atomic E-state index is 0.00757. The standard InChI is InChI=1S/C75H127N33O11/c1-40(2)35-55(105-63(113)50(23-12-30-92-71(81)82)100-60(110)46(77)19-9-10-28-76)66(116)103-51(24-13-31-93-72(83)84)62(112)102-54(27-16-34-96-75(89)90)65(115)108-58(41(3)4)69(119)107-57(37-43-39-98-48-21-8-6-18-45(43)48)68(118)104-52(25-14-32-94-73(85)86)61(111)101-53(26-15-33-95-74(87)88)64(114)106-56(36-42-38-97-47-20-7-5-17-44(42)47)67(117)99-49(59(78)109)22-11-29-91-70(79)80/h5-8,17-18,20-21,38-41,46,49-58,97-98H,9-16,19,22-37,76-77H2,1-4H3,(H2,78,109)(H,99,117)(H,100,110)(H,101,111)(H,102,112)(H,103,116)(H,104,118)(H,105,113)(H,106,114)(H,107,119)(H,108,115)(H4,79,80,91)(H4,81,82,92)(H4,83,84,93)(H4,85,86,94)(H4,87,88,95)(H4,89,90,96)/t46-,49-,50-,51-,52-,53-,54-,55-,56-,57-,58-/m0/s1. The van der Waals surface area contributed by atoms with Gasteiger partial charge in [-0.3, -0.25) is 85.2 Å². The monoisotopic (exact) mass is 1670 g/mol. The number of aromatic nitrogens is 2. The Hall–Kier alpha value is -12.8. The van der Waals surface area contributed by atoms with Gasteiger partial charge in [0.2, 0.25) is 65.0 Å². The number of guanidine groups is 6. The van der Waals surface area contributed by atoms with Crippen molar-refractivity contribution in [2.45, 2.75) is 210 Å². The third-order valence-corrected chi connectivity index (χ3v) is 19.1. The fourth-order valence-corrected chi connectivity index (χ4v) is 12.8. The summed E-state index contributed by atoms with van der Waals surface area (Å²) < 4.78 is 0. The number of hydrogen-bond acceptors (Lipinski definition) is 19. The van der Waals surface area contributed by atoms with Gasteiger partial charge in [-0.05, 0) is 138 Å². The fourth-order valence-electron chi connectivity index (χ4n) is 12.8. The molecule has 11 atom stereocenters. The topological polar surface area (TPSA) is 789 Å².